The van der Waals surface area contributed by atoms with Crippen molar-refractivity contribution in [1.82, 2.24) is 15.1 Å². The predicted octanol–water partition coefficient (Wildman–Crippen LogP) is 2.75. The van der Waals surface area contributed by atoms with Crippen LogP contribution in [0.3, 0.4) is 0 Å². The summed E-state index contributed by atoms with van der Waals surface area (Å²) in [5.74, 6) is 1.11. The van der Waals surface area contributed by atoms with Crippen LogP contribution < -0.4 is 14.8 Å². The Labute approximate surface area is 173 Å². The Morgan fingerprint density at radius 1 is 1.24 bits per heavy atom. The average molecular weight is 417 g/mol. The molecule has 2 heterocycles. The molecule has 1 N–H and O–H groups in total. The second-order valence-electron chi connectivity index (χ2n) is 7.07. The molecule has 8 nitrogen and oxygen atoms in total. The van der Waals surface area contributed by atoms with Gasteiger partial charge in [-0.25, -0.2) is 0 Å². The number of aromatic nitrogens is 2. The van der Waals surface area contributed by atoms with Gasteiger partial charge < -0.3 is 14.4 Å². The summed E-state index contributed by atoms with van der Waals surface area (Å²) in [6.07, 6.45) is 4.38. The summed E-state index contributed by atoms with van der Waals surface area (Å²) in [5, 5.41) is 12.1. The van der Waals surface area contributed by atoms with Crippen molar-refractivity contribution in [2.75, 3.05) is 26.1 Å². The number of carbonyl (C=O) groups is 2. The van der Waals surface area contributed by atoms with Crippen LogP contribution in [0.5, 0.6) is 11.5 Å². The zero-order valence-electron chi connectivity index (χ0n) is 16.9. The van der Waals surface area contributed by atoms with Gasteiger partial charge in [0.1, 0.15) is 11.6 Å². The van der Waals surface area contributed by atoms with E-state index in [9.17, 15) is 9.59 Å². The zero-order chi connectivity index (χ0) is 21.0. The average Bonchev–Trinajstić information content (AvgIpc) is 3.04. The molecular formula is C20H24N4O4S. The Morgan fingerprint density at radius 3 is 2.66 bits per heavy atom. The van der Waals surface area contributed by atoms with Gasteiger partial charge >= 0.3 is 0 Å². The third-order valence-corrected chi connectivity index (χ3v) is 5.21. The van der Waals surface area contributed by atoms with Crippen molar-refractivity contribution in [3.05, 3.63) is 34.5 Å². The molecule has 0 spiro atoms. The number of methoxy groups -OCH3 is 2. The van der Waals surface area contributed by atoms with E-state index in [2.05, 4.69) is 29.4 Å². The number of amides is 2. The Morgan fingerprint density at radius 2 is 1.97 bits per heavy atom. The molecule has 3 rings (SSSR count). The third kappa shape index (κ3) is 5.11. The van der Waals surface area contributed by atoms with Crippen LogP contribution in [0.1, 0.15) is 30.0 Å². The number of benzene rings is 1. The number of anilines is 1. The molecule has 0 atom stereocenters. The molecule has 9 heteroatoms. The number of hydrogen-bond acceptors (Lipinski definition) is 7. The lowest BCUT2D eigenvalue weighted by Crippen LogP contribution is -2.34. The minimum Gasteiger partial charge on any atom is -0.493 e. The summed E-state index contributed by atoms with van der Waals surface area (Å²) < 4.78 is 10.6. The lowest BCUT2D eigenvalue weighted by atomic mass is 10.0. The summed E-state index contributed by atoms with van der Waals surface area (Å²) in [7, 11) is 3.11. The monoisotopic (exact) mass is 416 g/mol. The fourth-order valence-corrected chi connectivity index (χ4v) is 3.92. The standard InChI is InChI=1S/C20H24N4O4S/c1-12(2)7-18-22-23-20(29-18)21-17(25)11-24-6-5-13-8-15(27-3)16(28-4)9-14(13)10-19(24)26/h5-6,8-9,12H,7,10-11H2,1-4H3,(H,21,23,25). The second-order valence-corrected chi connectivity index (χ2v) is 8.13. The van der Waals surface area contributed by atoms with Crippen molar-refractivity contribution in [2.24, 2.45) is 5.92 Å². The lowest BCUT2D eigenvalue weighted by molar-refractivity contribution is -0.131. The van der Waals surface area contributed by atoms with E-state index in [1.807, 2.05) is 6.07 Å². The summed E-state index contributed by atoms with van der Waals surface area (Å²) in [6, 6.07) is 3.61. The van der Waals surface area contributed by atoms with E-state index in [4.69, 9.17) is 9.47 Å². The van der Waals surface area contributed by atoms with Crippen LogP contribution in [-0.4, -0.2) is 47.7 Å². The first-order chi connectivity index (χ1) is 13.9. The lowest BCUT2D eigenvalue weighted by Gasteiger charge is -2.16. The van der Waals surface area contributed by atoms with Crippen LogP contribution in [0, 0.1) is 5.92 Å². The maximum absolute atomic E-state index is 12.6. The summed E-state index contributed by atoms with van der Waals surface area (Å²) in [6.45, 7) is 4.09. The van der Waals surface area contributed by atoms with Crippen LogP contribution in [0.25, 0.3) is 6.08 Å². The number of ether oxygens (including phenoxy) is 2. The van der Waals surface area contributed by atoms with Crippen LogP contribution in [0.2, 0.25) is 0 Å². The summed E-state index contributed by atoms with van der Waals surface area (Å²) >= 11 is 1.35. The molecule has 0 radical (unpaired) electrons. The Balaban J connectivity index is 1.68. The zero-order valence-corrected chi connectivity index (χ0v) is 17.7. The highest BCUT2D eigenvalue weighted by atomic mass is 32.1. The Kier molecular flexibility index (Phi) is 6.48. The van der Waals surface area contributed by atoms with E-state index in [-0.39, 0.29) is 24.8 Å². The van der Waals surface area contributed by atoms with Gasteiger partial charge in [0.05, 0.1) is 20.6 Å². The number of nitrogens with one attached hydrogen (secondary N) is 1. The first kappa shape index (κ1) is 20.8. The molecule has 0 unspecified atom stereocenters. The van der Waals surface area contributed by atoms with Crippen molar-refractivity contribution in [2.45, 2.75) is 26.7 Å². The molecule has 0 aliphatic carbocycles. The van der Waals surface area contributed by atoms with Gasteiger partial charge in [-0.15, -0.1) is 10.2 Å². The molecule has 1 aliphatic heterocycles. The van der Waals surface area contributed by atoms with Gasteiger partial charge in [-0.3, -0.25) is 14.9 Å². The highest BCUT2D eigenvalue weighted by Crippen LogP contribution is 2.32. The third-order valence-electron chi connectivity index (χ3n) is 4.35. The highest BCUT2D eigenvalue weighted by Gasteiger charge is 2.22. The molecule has 2 amide bonds. The second kappa shape index (κ2) is 9.04. The Hall–Kier alpha value is -2.94. The number of nitrogens with zero attached hydrogens (tertiary/aromatic N) is 3. The molecule has 1 aliphatic rings. The summed E-state index contributed by atoms with van der Waals surface area (Å²) in [5.41, 5.74) is 1.66. The van der Waals surface area contributed by atoms with Gasteiger partial charge in [-0.05, 0) is 35.3 Å². The van der Waals surface area contributed by atoms with E-state index in [1.165, 1.54) is 16.2 Å². The van der Waals surface area contributed by atoms with Crippen molar-refractivity contribution >= 4 is 34.4 Å². The smallest absolute Gasteiger partial charge is 0.246 e. The number of carbonyl (C=O) groups excluding carboxylic acids is 2. The maximum atomic E-state index is 12.6. The SMILES string of the molecule is COc1cc2c(cc1OC)CC(=O)N(CC(=O)Nc1nnc(CC(C)C)s1)C=C2. The number of hydrogen-bond donors (Lipinski definition) is 1. The largest absolute Gasteiger partial charge is 0.493 e. The summed E-state index contributed by atoms with van der Waals surface area (Å²) in [4.78, 5) is 26.4. The van der Waals surface area contributed by atoms with Crippen LogP contribution in [0.4, 0.5) is 5.13 Å². The van der Waals surface area contributed by atoms with E-state index >= 15 is 0 Å². The molecule has 0 saturated carbocycles. The van der Waals surface area contributed by atoms with Crippen LogP contribution in [-0.2, 0) is 22.4 Å². The molecular weight excluding hydrogens is 392 g/mol. The van der Waals surface area contributed by atoms with Crippen molar-refractivity contribution in [3.63, 3.8) is 0 Å². The molecule has 154 valence electrons. The van der Waals surface area contributed by atoms with E-state index < -0.39 is 0 Å². The molecule has 29 heavy (non-hydrogen) atoms. The quantitative estimate of drug-likeness (QED) is 0.746. The van der Waals surface area contributed by atoms with Crippen molar-refractivity contribution in [1.29, 1.82) is 0 Å². The molecule has 0 fully saturated rings. The number of rotatable bonds is 7. The first-order valence-corrected chi connectivity index (χ1v) is 10.1. The van der Waals surface area contributed by atoms with Gasteiger partial charge in [-0.2, -0.15) is 0 Å². The highest BCUT2D eigenvalue weighted by molar-refractivity contribution is 7.15. The van der Waals surface area contributed by atoms with Crippen molar-refractivity contribution in [3.8, 4) is 11.5 Å². The molecule has 2 aromatic rings. The molecule has 0 saturated heterocycles. The van der Waals surface area contributed by atoms with E-state index in [1.54, 1.807) is 32.6 Å². The van der Waals surface area contributed by atoms with Gasteiger partial charge in [0.25, 0.3) is 0 Å². The van der Waals surface area contributed by atoms with E-state index in [0.29, 0.717) is 22.5 Å². The molecule has 0 bridgehead atoms. The van der Waals surface area contributed by atoms with Crippen LogP contribution >= 0.6 is 11.3 Å². The fourth-order valence-electron chi connectivity index (χ4n) is 2.95. The minimum atomic E-state index is -0.323. The normalized spacial score (nSPS) is 13.3. The maximum Gasteiger partial charge on any atom is 0.246 e. The Bertz CT molecular complexity index is 939. The van der Waals surface area contributed by atoms with Gasteiger partial charge in [0.15, 0.2) is 11.5 Å². The van der Waals surface area contributed by atoms with Crippen molar-refractivity contribution < 1.29 is 19.1 Å². The minimum absolute atomic E-state index is 0.101. The predicted molar refractivity (Wildman–Crippen MR) is 111 cm³/mol. The van der Waals surface area contributed by atoms with Gasteiger partial charge in [0, 0.05) is 12.6 Å². The molecule has 1 aromatic carbocycles. The fraction of sp³-hybridized carbons (Fsp3) is 0.400. The van der Waals surface area contributed by atoms with Gasteiger partial charge in [0.2, 0.25) is 16.9 Å². The van der Waals surface area contributed by atoms with Gasteiger partial charge in [-0.1, -0.05) is 25.2 Å². The van der Waals surface area contributed by atoms with E-state index in [0.717, 1.165) is 22.6 Å². The molecule has 1 aromatic heterocycles. The first-order valence-electron chi connectivity index (χ1n) is 9.24. The number of fused-ring (bicyclic) bond motifs is 1. The van der Waals surface area contributed by atoms with Crippen LogP contribution in [0.15, 0.2) is 18.3 Å². The topological polar surface area (TPSA) is 93.7 Å².